The maximum absolute atomic E-state index is 12.4. The quantitative estimate of drug-likeness (QED) is 0.596. The minimum atomic E-state index is -3.98. The van der Waals surface area contributed by atoms with E-state index < -0.39 is 39.3 Å². The lowest BCUT2D eigenvalue weighted by Crippen LogP contribution is -2.48. The standard InChI is InChI=1S/C9H14N2O6S3/c10-19(14,15)9-4-8-7(18-9)3-6(5-13)11(1-2-12)20(8,16)17/h4,6,12-13H,1-3,5H2,(H2,10,14,15). The smallest absolute Gasteiger partial charge is 0.247 e. The lowest BCUT2D eigenvalue weighted by molar-refractivity contribution is 0.159. The molecular weight excluding hydrogens is 328 g/mol. The number of thiophene rings is 1. The minimum Gasteiger partial charge on any atom is -0.395 e. The van der Waals surface area contributed by atoms with Gasteiger partial charge in [0.25, 0.3) is 0 Å². The van der Waals surface area contributed by atoms with Crippen molar-refractivity contribution in [2.24, 2.45) is 5.14 Å². The third-order valence-corrected chi connectivity index (χ3v) is 7.70. The molecule has 1 atom stereocenters. The average molecular weight is 342 g/mol. The maximum atomic E-state index is 12.4. The molecule has 2 heterocycles. The van der Waals surface area contributed by atoms with Crippen molar-refractivity contribution in [3.63, 3.8) is 0 Å². The number of β-amino-alcohol motifs (C(OH)–C–C–N with tert-alkyl or cyclic N) is 1. The van der Waals surface area contributed by atoms with Crippen LogP contribution in [0.4, 0.5) is 0 Å². The van der Waals surface area contributed by atoms with Crippen molar-refractivity contribution in [2.45, 2.75) is 21.6 Å². The predicted octanol–water partition coefficient (Wildman–Crippen LogP) is -1.70. The van der Waals surface area contributed by atoms with E-state index in [-0.39, 0.29) is 22.1 Å². The number of primary sulfonamides is 1. The molecular formula is C9H14N2O6S3. The van der Waals surface area contributed by atoms with Gasteiger partial charge in [0.05, 0.1) is 24.2 Å². The van der Waals surface area contributed by atoms with E-state index >= 15 is 0 Å². The highest BCUT2D eigenvalue weighted by atomic mass is 32.2. The fourth-order valence-corrected chi connectivity index (χ4v) is 6.32. The summed E-state index contributed by atoms with van der Waals surface area (Å²) >= 11 is 0.791. The maximum Gasteiger partial charge on any atom is 0.247 e. The summed E-state index contributed by atoms with van der Waals surface area (Å²) in [4.78, 5) is 0.229. The molecule has 1 aromatic rings. The molecule has 0 aliphatic carbocycles. The Morgan fingerprint density at radius 3 is 2.60 bits per heavy atom. The summed E-state index contributed by atoms with van der Waals surface area (Å²) < 4.78 is 48.1. The second kappa shape index (κ2) is 5.33. The lowest BCUT2D eigenvalue weighted by atomic mass is 10.2. The number of hydrogen-bond acceptors (Lipinski definition) is 7. The van der Waals surface area contributed by atoms with Gasteiger partial charge in [-0.05, 0) is 6.07 Å². The van der Waals surface area contributed by atoms with Crippen molar-refractivity contribution in [1.82, 2.24) is 4.31 Å². The van der Waals surface area contributed by atoms with Gasteiger partial charge in [-0.2, -0.15) is 4.31 Å². The summed E-state index contributed by atoms with van der Waals surface area (Å²) in [6.07, 6.45) is 0.186. The van der Waals surface area contributed by atoms with Crippen LogP contribution in [-0.4, -0.2) is 57.2 Å². The molecule has 0 amide bonds. The number of aliphatic hydroxyl groups is 2. The van der Waals surface area contributed by atoms with Gasteiger partial charge < -0.3 is 10.2 Å². The molecule has 0 saturated carbocycles. The highest BCUT2D eigenvalue weighted by Gasteiger charge is 2.40. The van der Waals surface area contributed by atoms with Crippen molar-refractivity contribution in [3.05, 3.63) is 10.9 Å². The molecule has 114 valence electrons. The first-order valence-electron chi connectivity index (χ1n) is 5.61. The average Bonchev–Trinajstić information content (AvgIpc) is 2.77. The Hall–Kier alpha value is -0.560. The molecule has 0 radical (unpaired) electrons. The molecule has 2 rings (SSSR count). The van der Waals surface area contributed by atoms with E-state index in [9.17, 15) is 21.9 Å². The van der Waals surface area contributed by atoms with Gasteiger partial charge in [-0.15, -0.1) is 11.3 Å². The zero-order valence-electron chi connectivity index (χ0n) is 10.3. The Bertz CT molecular complexity index is 708. The molecule has 8 nitrogen and oxygen atoms in total. The summed E-state index contributed by atoms with van der Waals surface area (Å²) in [7, 11) is -7.92. The largest absolute Gasteiger partial charge is 0.395 e. The number of rotatable bonds is 4. The summed E-state index contributed by atoms with van der Waals surface area (Å²) in [5.41, 5.74) is 0. The Labute approximate surface area is 120 Å². The molecule has 20 heavy (non-hydrogen) atoms. The first kappa shape index (κ1) is 15.8. The number of fused-ring (bicyclic) bond motifs is 1. The third-order valence-electron chi connectivity index (χ3n) is 2.97. The number of nitrogens with zero attached hydrogens (tertiary/aromatic N) is 1. The SMILES string of the molecule is NS(=O)(=O)c1cc2c(s1)CC(CO)N(CCO)S2(=O)=O. The van der Waals surface area contributed by atoms with E-state index in [1.807, 2.05) is 0 Å². The van der Waals surface area contributed by atoms with Crippen molar-refractivity contribution >= 4 is 31.4 Å². The molecule has 0 spiro atoms. The second-order valence-electron chi connectivity index (χ2n) is 4.28. The molecule has 0 bridgehead atoms. The number of nitrogens with two attached hydrogens (primary N) is 1. The highest BCUT2D eigenvalue weighted by molar-refractivity contribution is 7.92. The van der Waals surface area contributed by atoms with E-state index in [4.69, 9.17) is 10.2 Å². The van der Waals surface area contributed by atoms with Crippen LogP contribution in [0.5, 0.6) is 0 Å². The fourth-order valence-electron chi connectivity index (χ4n) is 2.08. The third kappa shape index (κ3) is 2.62. The van der Waals surface area contributed by atoms with Gasteiger partial charge in [-0.25, -0.2) is 22.0 Å². The molecule has 4 N–H and O–H groups in total. The van der Waals surface area contributed by atoms with Gasteiger partial charge in [0, 0.05) is 17.8 Å². The normalized spacial score (nSPS) is 22.6. The van der Waals surface area contributed by atoms with E-state index in [1.54, 1.807) is 0 Å². The fraction of sp³-hybridized carbons (Fsp3) is 0.556. The van der Waals surface area contributed by atoms with Crippen LogP contribution in [0.25, 0.3) is 0 Å². The summed E-state index contributed by atoms with van der Waals surface area (Å²) in [6, 6.07) is 0.314. The first-order valence-corrected chi connectivity index (χ1v) is 9.41. The Morgan fingerprint density at radius 2 is 2.10 bits per heavy atom. The van der Waals surface area contributed by atoms with Crippen LogP contribution in [0.3, 0.4) is 0 Å². The van der Waals surface area contributed by atoms with Crippen molar-refractivity contribution in [2.75, 3.05) is 19.8 Å². The topological polar surface area (TPSA) is 138 Å². The van der Waals surface area contributed by atoms with Crippen LogP contribution in [-0.2, 0) is 26.5 Å². The minimum absolute atomic E-state index is 0.121. The van der Waals surface area contributed by atoms with Crippen LogP contribution in [0.2, 0.25) is 0 Å². The zero-order chi connectivity index (χ0) is 15.1. The highest BCUT2D eigenvalue weighted by Crippen LogP contribution is 2.37. The summed E-state index contributed by atoms with van der Waals surface area (Å²) in [5, 5.41) is 23.2. The number of aliphatic hydroxyl groups excluding tert-OH is 2. The molecule has 1 aliphatic rings. The molecule has 1 aliphatic heterocycles. The van der Waals surface area contributed by atoms with Crippen molar-refractivity contribution in [3.8, 4) is 0 Å². The van der Waals surface area contributed by atoms with Crippen molar-refractivity contribution < 1.29 is 27.0 Å². The van der Waals surface area contributed by atoms with Gasteiger partial charge >= 0.3 is 0 Å². The van der Waals surface area contributed by atoms with Crippen LogP contribution in [0.15, 0.2) is 15.2 Å². The molecule has 0 saturated heterocycles. The van der Waals surface area contributed by atoms with Crippen LogP contribution >= 0.6 is 11.3 Å². The predicted molar refractivity (Wildman–Crippen MR) is 71.2 cm³/mol. The Balaban J connectivity index is 2.58. The Morgan fingerprint density at radius 1 is 1.45 bits per heavy atom. The van der Waals surface area contributed by atoms with E-state index in [0.29, 0.717) is 4.88 Å². The summed E-state index contributed by atoms with van der Waals surface area (Å²) in [6.45, 7) is -0.966. The van der Waals surface area contributed by atoms with E-state index in [0.717, 1.165) is 21.7 Å². The van der Waals surface area contributed by atoms with Crippen LogP contribution in [0, 0.1) is 0 Å². The first-order chi connectivity index (χ1) is 9.21. The second-order valence-corrected chi connectivity index (χ2v) is 9.06. The Kier molecular flexibility index (Phi) is 4.22. The van der Waals surface area contributed by atoms with Crippen LogP contribution in [0.1, 0.15) is 4.88 Å². The van der Waals surface area contributed by atoms with Crippen molar-refractivity contribution in [1.29, 1.82) is 0 Å². The number of hydrogen-bond donors (Lipinski definition) is 3. The molecule has 1 unspecified atom stereocenters. The van der Waals surface area contributed by atoms with Gasteiger partial charge in [-0.3, -0.25) is 0 Å². The lowest BCUT2D eigenvalue weighted by Gasteiger charge is -2.32. The zero-order valence-corrected chi connectivity index (χ0v) is 12.7. The molecule has 0 aromatic carbocycles. The summed E-state index contributed by atoms with van der Waals surface area (Å²) in [5.74, 6) is 0. The van der Waals surface area contributed by atoms with Gasteiger partial charge in [-0.1, -0.05) is 0 Å². The van der Waals surface area contributed by atoms with E-state index in [2.05, 4.69) is 0 Å². The van der Waals surface area contributed by atoms with Gasteiger partial charge in [0.1, 0.15) is 4.21 Å². The van der Waals surface area contributed by atoms with Gasteiger partial charge in [0.15, 0.2) is 0 Å². The molecule has 1 aromatic heterocycles. The molecule has 0 fully saturated rings. The monoisotopic (exact) mass is 342 g/mol. The van der Waals surface area contributed by atoms with Gasteiger partial charge in [0.2, 0.25) is 20.0 Å². The molecule has 11 heteroatoms. The van der Waals surface area contributed by atoms with E-state index in [1.165, 1.54) is 0 Å². The number of sulfonamides is 2. The van der Waals surface area contributed by atoms with Crippen LogP contribution < -0.4 is 5.14 Å².